The summed E-state index contributed by atoms with van der Waals surface area (Å²) in [5.41, 5.74) is 3.01. The Hall–Kier alpha value is -4.05. The molecule has 2 amide bonds. The van der Waals surface area contributed by atoms with Crippen molar-refractivity contribution in [3.63, 3.8) is 0 Å². The highest BCUT2D eigenvalue weighted by molar-refractivity contribution is 5.98. The number of pyridine rings is 1. The summed E-state index contributed by atoms with van der Waals surface area (Å²) >= 11 is 0. The molecule has 49 heavy (non-hydrogen) atoms. The topological polar surface area (TPSA) is 87.2 Å². The van der Waals surface area contributed by atoms with Gasteiger partial charge in [0, 0.05) is 68.2 Å². The van der Waals surface area contributed by atoms with Crippen molar-refractivity contribution in [2.45, 2.75) is 84.0 Å². The van der Waals surface area contributed by atoms with Crippen LogP contribution >= 0.6 is 0 Å². The van der Waals surface area contributed by atoms with Gasteiger partial charge in [-0.3, -0.25) is 14.6 Å². The van der Waals surface area contributed by atoms with E-state index < -0.39 is 11.0 Å². The Balaban J connectivity index is 1.32. The van der Waals surface area contributed by atoms with Crippen LogP contribution in [0, 0.1) is 12.4 Å². The lowest BCUT2D eigenvalue weighted by Crippen LogP contribution is -2.64. The number of amides is 2. The maximum Gasteiger partial charge on any atom is 0.410 e. The van der Waals surface area contributed by atoms with Crippen LogP contribution in [0.3, 0.4) is 0 Å². The van der Waals surface area contributed by atoms with Gasteiger partial charge in [-0.2, -0.15) is 0 Å². The number of hydrogen-bond acceptors (Lipinski definition) is 7. The van der Waals surface area contributed by atoms with E-state index in [0.29, 0.717) is 57.3 Å². The highest BCUT2D eigenvalue weighted by Crippen LogP contribution is 2.44. The predicted octanol–water partition coefficient (Wildman–Crippen LogP) is 5.27. The Morgan fingerprint density at radius 3 is 2.53 bits per heavy atom. The molecule has 0 unspecified atom stereocenters. The average molecular weight is 674 g/mol. The third-order valence-electron chi connectivity index (χ3n) is 9.89. The molecule has 1 aromatic carbocycles. The van der Waals surface area contributed by atoms with Gasteiger partial charge in [-0.15, -0.1) is 0 Å². The molecule has 0 bridgehead atoms. The number of benzene rings is 1. The van der Waals surface area contributed by atoms with Crippen LogP contribution in [0.1, 0.15) is 65.3 Å². The van der Waals surface area contributed by atoms with Crippen molar-refractivity contribution in [1.82, 2.24) is 24.1 Å². The molecule has 0 N–H and O–H groups in total. The first-order valence-electron chi connectivity index (χ1n) is 17.2. The van der Waals surface area contributed by atoms with Gasteiger partial charge in [0.1, 0.15) is 17.1 Å². The molecule has 0 saturated carbocycles. The minimum atomic E-state index is -0.614. The maximum absolute atomic E-state index is 14.5. The number of ether oxygens (including phenoxy) is 2. The van der Waals surface area contributed by atoms with Crippen molar-refractivity contribution in [2.75, 3.05) is 57.4 Å². The van der Waals surface area contributed by atoms with E-state index in [-0.39, 0.29) is 42.5 Å². The van der Waals surface area contributed by atoms with Crippen LogP contribution in [0.25, 0.3) is 10.5 Å². The number of rotatable bonds is 6. The van der Waals surface area contributed by atoms with E-state index in [4.69, 9.17) is 16.0 Å². The highest BCUT2D eigenvalue weighted by Gasteiger charge is 2.45. The number of aromatic nitrogens is 2. The molecule has 2 aromatic heterocycles. The molecular formula is C37H48FN7O4. The fourth-order valence-corrected chi connectivity index (χ4v) is 7.48. The zero-order chi connectivity index (χ0) is 35.2. The predicted molar refractivity (Wildman–Crippen MR) is 186 cm³/mol. The summed E-state index contributed by atoms with van der Waals surface area (Å²) in [4.78, 5) is 44.5. The number of anilines is 1. The van der Waals surface area contributed by atoms with Gasteiger partial charge < -0.3 is 24.1 Å². The van der Waals surface area contributed by atoms with Crippen molar-refractivity contribution in [3.8, 4) is 0 Å². The van der Waals surface area contributed by atoms with Gasteiger partial charge in [0.2, 0.25) is 11.6 Å². The van der Waals surface area contributed by atoms with Crippen molar-refractivity contribution >= 4 is 29.2 Å². The van der Waals surface area contributed by atoms with E-state index in [0.717, 1.165) is 29.1 Å². The summed E-state index contributed by atoms with van der Waals surface area (Å²) in [6, 6.07) is 8.37. The third kappa shape index (κ3) is 7.16. The zero-order valence-corrected chi connectivity index (χ0v) is 29.7. The van der Waals surface area contributed by atoms with Gasteiger partial charge in [-0.05, 0) is 58.4 Å². The van der Waals surface area contributed by atoms with Crippen molar-refractivity contribution < 1.29 is 23.5 Å². The van der Waals surface area contributed by atoms with Gasteiger partial charge in [-0.1, -0.05) is 32.6 Å². The van der Waals surface area contributed by atoms with Crippen LogP contribution in [0.4, 0.5) is 20.7 Å². The van der Waals surface area contributed by atoms with E-state index in [9.17, 15) is 14.0 Å². The number of carbonyl (C=O) groups excluding carboxylic acids is 2. The van der Waals surface area contributed by atoms with Crippen LogP contribution in [0.2, 0.25) is 0 Å². The second kappa shape index (κ2) is 13.3. The van der Waals surface area contributed by atoms with E-state index in [1.54, 1.807) is 23.2 Å². The number of carbonyl (C=O) groups is 2. The molecule has 0 aliphatic carbocycles. The second-order valence-electron chi connectivity index (χ2n) is 15.4. The lowest BCUT2D eigenvalue weighted by Gasteiger charge is -2.47. The molecule has 5 heterocycles. The quantitative estimate of drug-likeness (QED) is 0.330. The number of hydrogen-bond donors (Lipinski definition) is 0. The number of piperazine rings is 1. The van der Waals surface area contributed by atoms with Crippen molar-refractivity contribution in [2.24, 2.45) is 0 Å². The molecule has 3 atom stereocenters. The number of imidazole rings is 1. The Morgan fingerprint density at radius 1 is 1.12 bits per heavy atom. The molecule has 2 saturated heterocycles. The lowest BCUT2D eigenvalue weighted by atomic mass is 9.90. The van der Waals surface area contributed by atoms with Crippen LogP contribution in [-0.2, 0) is 26.1 Å². The molecule has 3 aliphatic rings. The number of halogens is 1. The molecule has 6 rings (SSSR count). The van der Waals surface area contributed by atoms with E-state index in [1.165, 1.54) is 12.1 Å². The smallest absolute Gasteiger partial charge is 0.410 e. The number of nitrogens with zero attached hydrogens (tertiary/aromatic N) is 7. The Bertz CT molecular complexity index is 1760. The Labute approximate surface area is 288 Å². The van der Waals surface area contributed by atoms with E-state index >= 15 is 0 Å². The van der Waals surface area contributed by atoms with E-state index in [2.05, 4.69) is 40.4 Å². The minimum Gasteiger partial charge on any atom is -0.444 e. The van der Waals surface area contributed by atoms with Gasteiger partial charge in [-0.25, -0.2) is 18.6 Å². The molecule has 0 spiro atoms. The molecule has 262 valence electrons. The first-order chi connectivity index (χ1) is 23.1. The standard InChI is InChI=1S/C37H48FN7O4/c1-24-18-42(29(19-41-13-14-48-22-25(41)2)20-43(24)35(47)49-36(3,4)5)21-32(46)44-23-37(6,7)33-30(44)16-27(15-26-9-11-28(38)12-10-26)34-40-17-31(39-8)45(33)34/h9-12,16-17,24-25,29H,13-15,18-23H2,1-7H3/t24-,25-,29+/m1/s1. The van der Waals surface area contributed by atoms with Crippen LogP contribution in [0.5, 0.6) is 0 Å². The SMILES string of the molecule is [C-]#[N+]c1cnc2c(Cc3ccc(F)cc3)cc3c(n12)C(C)(C)CN3C(=O)CN1C[C@@H](C)N(C(=O)OC(C)(C)C)C[C@@H]1CN1CCOC[C@H]1C. The van der Waals surface area contributed by atoms with Crippen LogP contribution < -0.4 is 4.90 Å². The second-order valence-corrected chi connectivity index (χ2v) is 15.4. The first-order valence-corrected chi connectivity index (χ1v) is 17.2. The Kier molecular flexibility index (Phi) is 9.48. The number of fused-ring (bicyclic) bond motifs is 3. The van der Waals surface area contributed by atoms with Gasteiger partial charge >= 0.3 is 6.09 Å². The normalized spacial score (nSPS) is 23.0. The summed E-state index contributed by atoms with van der Waals surface area (Å²) < 4.78 is 27.1. The summed E-state index contributed by atoms with van der Waals surface area (Å²) in [5, 5.41) is 0. The largest absolute Gasteiger partial charge is 0.444 e. The van der Waals surface area contributed by atoms with Gasteiger partial charge in [0.15, 0.2) is 0 Å². The van der Waals surface area contributed by atoms with Crippen LogP contribution in [-0.4, -0.2) is 112 Å². The molecule has 3 aliphatic heterocycles. The minimum absolute atomic E-state index is 0.0404. The fourth-order valence-electron chi connectivity index (χ4n) is 7.48. The summed E-state index contributed by atoms with van der Waals surface area (Å²) in [6.45, 7) is 26.2. The van der Waals surface area contributed by atoms with Crippen molar-refractivity contribution in [3.05, 3.63) is 70.6 Å². The third-order valence-corrected chi connectivity index (χ3v) is 9.89. The zero-order valence-electron chi connectivity index (χ0n) is 29.7. The lowest BCUT2D eigenvalue weighted by molar-refractivity contribution is -0.121. The molecule has 3 aromatic rings. The first kappa shape index (κ1) is 34.8. The number of morpholine rings is 1. The highest BCUT2D eigenvalue weighted by atomic mass is 19.1. The van der Waals surface area contributed by atoms with Crippen LogP contribution in [0.15, 0.2) is 36.5 Å². The molecule has 0 radical (unpaired) electrons. The molecule has 2 fully saturated rings. The van der Waals surface area contributed by atoms with E-state index in [1.807, 2.05) is 43.1 Å². The Morgan fingerprint density at radius 2 is 1.86 bits per heavy atom. The van der Waals surface area contributed by atoms with Gasteiger partial charge in [0.25, 0.3) is 5.82 Å². The van der Waals surface area contributed by atoms with Crippen molar-refractivity contribution in [1.29, 1.82) is 0 Å². The monoisotopic (exact) mass is 673 g/mol. The molecule has 11 nitrogen and oxygen atoms in total. The maximum atomic E-state index is 14.5. The van der Waals surface area contributed by atoms with Gasteiger partial charge in [0.05, 0.1) is 31.6 Å². The summed E-state index contributed by atoms with van der Waals surface area (Å²) in [5.74, 6) is 0.0443. The summed E-state index contributed by atoms with van der Waals surface area (Å²) in [7, 11) is 0. The average Bonchev–Trinajstić information content (AvgIpc) is 3.57. The fraction of sp³-hybridized carbons (Fsp3) is 0.568. The summed E-state index contributed by atoms with van der Waals surface area (Å²) in [6.07, 6.45) is 1.72. The molecule has 12 heteroatoms. The molecular weight excluding hydrogens is 625 g/mol.